The fourth-order valence-electron chi connectivity index (χ4n) is 13.1. The zero-order valence-electron chi connectivity index (χ0n) is 40.4. The Bertz CT molecular complexity index is 2140. The molecule has 9 fully saturated rings. The van der Waals surface area contributed by atoms with E-state index in [1.54, 1.807) is 11.8 Å². The number of amides is 8. The fraction of sp³-hybridized carbons (Fsp3) is 0.830. The SMILES string of the molecule is CS(=O)(=O)N1CCC(C(=O)NCC(=O)NC2NC(C3CCCC(C4CCN(CC(=O)N5CCC(C6CCN(C(=O)COC7CCCC8C(=O)N(C9CCC(=O)NC9=O)C(=O)C78)CC6)CC5)N4)C3)CS2)C1. The molecule has 9 rings (SSSR count). The van der Waals surface area contributed by atoms with E-state index in [-0.39, 0.29) is 73.6 Å². The Balaban J connectivity index is 0.641. The van der Waals surface area contributed by atoms with Crippen molar-refractivity contribution in [3.8, 4) is 0 Å². The number of hydrogen-bond donors (Lipinski definition) is 5. The standard InChI is InChI=1S/C47H72N10O11S2/c1-70(66,67)56-21-14-32(24-56)43(62)48-23-39(59)51-47-49-35(27-69-47)31-5-2-4-30(22-31)34-15-20-55(52-34)25-40(60)53-16-10-28(11-17-53)29-12-18-54(19-13-29)41(61)26-68-37-7-3-6-33-42(37)46(65)57(45(33)64)36-8-9-38(58)50-44(36)63/h28-37,42,47,49,52H,2-27H2,1H3,(H,48,62)(H,51,59)(H,50,58,63). The first-order valence-corrected chi connectivity index (χ1v) is 28.8. The minimum atomic E-state index is -3.35. The Morgan fingerprint density at radius 1 is 0.757 bits per heavy atom. The fourth-order valence-corrected chi connectivity index (χ4v) is 15.3. The number of hydrogen-bond acceptors (Lipinski definition) is 15. The third-order valence-electron chi connectivity index (χ3n) is 17.1. The average Bonchev–Trinajstić information content (AvgIpc) is 4.19. The first kappa shape index (κ1) is 51.2. The molecule has 0 radical (unpaired) electrons. The van der Waals surface area contributed by atoms with Crippen LogP contribution in [0.5, 0.6) is 0 Å². The summed E-state index contributed by atoms with van der Waals surface area (Å²) in [5.41, 5.74) is 3.46. The van der Waals surface area contributed by atoms with Gasteiger partial charge in [-0.1, -0.05) is 12.8 Å². The maximum absolute atomic E-state index is 13.6. The molecule has 2 saturated carbocycles. The van der Waals surface area contributed by atoms with Crippen LogP contribution in [0.4, 0.5) is 0 Å². The summed E-state index contributed by atoms with van der Waals surface area (Å²) in [7, 11) is -3.35. The molecular formula is C47H72N10O11S2. The molecule has 10 atom stereocenters. The number of imide groups is 2. The van der Waals surface area contributed by atoms with E-state index >= 15 is 0 Å². The summed E-state index contributed by atoms with van der Waals surface area (Å²) in [6.07, 6.45) is 12.1. The van der Waals surface area contributed by atoms with Crippen LogP contribution >= 0.6 is 11.8 Å². The maximum Gasteiger partial charge on any atom is 0.249 e. The van der Waals surface area contributed by atoms with Gasteiger partial charge in [0, 0.05) is 70.1 Å². The third-order valence-corrected chi connectivity index (χ3v) is 19.5. The summed E-state index contributed by atoms with van der Waals surface area (Å²) in [6.45, 7) is 4.04. The molecule has 0 aromatic heterocycles. The number of sulfonamides is 1. The van der Waals surface area contributed by atoms with Crippen molar-refractivity contribution >= 4 is 69.0 Å². The van der Waals surface area contributed by atoms with Gasteiger partial charge >= 0.3 is 0 Å². The lowest BCUT2D eigenvalue weighted by Crippen LogP contribution is -2.54. The molecule has 8 amide bonds. The first-order valence-electron chi connectivity index (χ1n) is 25.9. The van der Waals surface area contributed by atoms with Crippen LogP contribution in [-0.4, -0.2) is 187 Å². The second-order valence-corrected chi connectivity index (χ2v) is 24.5. The van der Waals surface area contributed by atoms with E-state index in [1.807, 2.05) is 9.80 Å². The van der Waals surface area contributed by atoms with Gasteiger partial charge in [0.2, 0.25) is 57.3 Å². The molecule has 70 heavy (non-hydrogen) atoms. The number of carbonyl (C=O) groups is 8. The zero-order chi connectivity index (χ0) is 49.3. The van der Waals surface area contributed by atoms with Gasteiger partial charge in [0.05, 0.1) is 43.2 Å². The van der Waals surface area contributed by atoms with Crippen LogP contribution in [0.15, 0.2) is 0 Å². The van der Waals surface area contributed by atoms with E-state index in [9.17, 15) is 46.8 Å². The number of nitrogens with zero attached hydrogens (tertiary/aromatic N) is 5. The minimum absolute atomic E-state index is 0.0669. The summed E-state index contributed by atoms with van der Waals surface area (Å²) in [4.78, 5) is 108. The largest absolute Gasteiger partial charge is 0.368 e. The molecule has 0 aromatic rings. The number of hydrazine groups is 1. The van der Waals surface area contributed by atoms with Crippen LogP contribution in [0.2, 0.25) is 0 Å². The Hall–Kier alpha value is -3.74. The molecule has 0 aromatic carbocycles. The van der Waals surface area contributed by atoms with Crippen molar-refractivity contribution in [3.63, 3.8) is 0 Å². The molecule has 2 aliphatic carbocycles. The number of thioether (sulfide) groups is 1. The summed E-state index contributed by atoms with van der Waals surface area (Å²) >= 11 is 1.67. The van der Waals surface area contributed by atoms with Crippen LogP contribution in [0, 0.1) is 41.4 Å². The lowest BCUT2D eigenvalue weighted by Gasteiger charge is -2.40. The molecular weight excluding hydrogens is 945 g/mol. The lowest BCUT2D eigenvalue weighted by atomic mass is 9.75. The molecule has 5 N–H and O–H groups in total. The second kappa shape index (κ2) is 22.2. The molecule has 23 heteroatoms. The predicted molar refractivity (Wildman–Crippen MR) is 255 cm³/mol. The zero-order valence-corrected chi connectivity index (χ0v) is 42.0. The Labute approximate surface area is 414 Å². The van der Waals surface area contributed by atoms with Gasteiger partial charge in [0.25, 0.3) is 0 Å². The molecule has 21 nitrogen and oxygen atoms in total. The summed E-state index contributed by atoms with van der Waals surface area (Å²) in [5.74, 6) is -1.37. The van der Waals surface area contributed by atoms with Gasteiger partial charge in [-0.25, -0.2) is 17.7 Å². The summed E-state index contributed by atoms with van der Waals surface area (Å²) < 4.78 is 31.0. The van der Waals surface area contributed by atoms with Crippen molar-refractivity contribution in [3.05, 3.63) is 0 Å². The number of carbonyl (C=O) groups excluding carboxylic acids is 8. The predicted octanol–water partition coefficient (Wildman–Crippen LogP) is -0.673. The molecule has 7 saturated heterocycles. The van der Waals surface area contributed by atoms with Crippen molar-refractivity contribution in [1.29, 1.82) is 0 Å². The molecule has 9 aliphatic rings. The minimum Gasteiger partial charge on any atom is -0.368 e. The highest BCUT2D eigenvalue weighted by Gasteiger charge is 2.56. The van der Waals surface area contributed by atoms with E-state index in [2.05, 4.69) is 31.7 Å². The van der Waals surface area contributed by atoms with Crippen LogP contribution in [0.3, 0.4) is 0 Å². The van der Waals surface area contributed by atoms with E-state index in [1.165, 1.54) is 4.31 Å². The van der Waals surface area contributed by atoms with E-state index in [4.69, 9.17) is 4.74 Å². The first-order chi connectivity index (χ1) is 33.6. The number of likely N-dealkylation sites (tertiary alicyclic amines) is 3. The normalized spacial score (nSPS) is 34.2. The topological polar surface area (TPSA) is 256 Å². The molecule has 7 aliphatic heterocycles. The van der Waals surface area contributed by atoms with Gasteiger partial charge in [0.1, 0.15) is 18.1 Å². The number of fused-ring (bicyclic) bond motifs is 1. The van der Waals surface area contributed by atoms with Crippen LogP contribution in [0.25, 0.3) is 0 Å². The highest BCUT2D eigenvalue weighted by Crippen LogP contribution is 2.42. The van der Waals surface area contributed by atoms with Gasteiger partial charge in [-0.3, -0.25) is 59.3 Å². The Morgan fingerprint density at radius 3 is 2.13 bits per heavy atom. The van der Waals surface area contributed by atoms with E-state index in [0.29, 0.717) is 81.6 Å². The van der Waals surface area contributed by atoms with Gasteiger partial charge < -0.3 is 25.2 Å². The Kier molecular flexibility index (Phi) is 16.2. The quantitative estimate of drug-likeness (QED) is 0.135. The van der Waals surface area contributed by atoms with Crippen LogP contribution in [-0.2, 0) is 53.1 Å². The van der Waals surface area contributed by atoms with Gasteiger partial charge in [-0.15, -0.1) is 11.8 Å². The number of nitrogens with one attached hydrogen (secondary N) is 5. The molecule has 10 unspecified atom stereocenters. The maximum atomic E-state index is 13.6. The van der Waals surface area contributed by atoms with Crippen molar-refractivity contribution in [2.24, 2.45) is 41.4 Å². The second-order valence-electron chi connectivity index (χ2n) is 21.4. The molecule has 0 bridgehead atoms. The van der Waals surface area contributed by atoms with Gasteiger partial charge in [-0.05, 0) is 101 Å². The highest BCUT2D eigenvalue weighted by atomic mass is 32.2. The van der Waals surface area contributed by atoms with Crippen LogP contribution < -0.4 is 26.7 Å². The smallest absolute Gasteiger partial charge is 0.249 e. The average molecular weight is 1020 g/mol. The van der Waals surface area contributed by atoms with Crippen molar-refractivity contribution in [1.82, 2.24) is 50.7 Å². The van der Waals surface area contributed by atoms with Gasteiger partial charge in [0.15, 0.2) is 0 Å². The number of ether oxygens (including phenoxy) is 1. The van der Waals surface area contributed by atoms with Gasteiger partial charge in [-0.2, -0.15) is 0 Å². The third kappa shape index (κ3) is 11.7. The van der Waals surface area contributed by atoms with Crippen molar-refractivity contribution in [2.75, 3.05) is 77.5 Å². The number of rotatable bonds is 14. The van der Waals surface area contributed by atoms with Crippen molar-refractivity contribution in [2.45, 2.75) is 126 Å². The van der Waals surface area contributed by atoms with Crippen molar-refractivity contribution < 1.29 is 51.5 Å². The molecule has 0 spiro atoms. The van der Waals surface area contributed by atoms with E-state index < -0.39 is 57.6 Å². The van der Waals surface area contributed by atoms with E-state index in [0.717, 1.165) is 94.3 Å². The highest BCUT2D eigenvalue weighted by molar-refractivity contribution is 8.00. The molecule has 7 heterocycles. The monoisotopic (exact) mass is 1020 g/mol. The Morgan fingerprint density at radius 2 is 1.44 bits per heavy atom. The molecule has 388 valence electrons. The lowest BCUT2D eigenvalue weighted by molar-refractivity contribution is -0.153. The summed E-state index contributed by atoms with van der Waals surface area (Å²) in [5, 5.41) is 13.6. The number of piperidine rings is 3. The van der Waals surface area contributed by atoms with Crippen LogP contribution in [0.1, 0.15) is 96.3 Å². The summed E-state index contributed by atoms with van der Waals surface area (Å²) in [6, 6.07) is -0.404.